The molecule has 0 aromatic rings. The highest BCUT2D eigenvalue weighted by Gasteiger charge is 2.41. The highest BCUT2D eigenvalue weighted by atomic mass is 32.2. The molecular weight excluding hydrogens is 276 g/mol. The fraction of sp³-hybridized carbons (Fsp3) is 0.857. The maximum Gasteiger partial charge on any atom is 0.326 e. The van der Waals surface area contributed by atoms with Gasteiger partial charge in [-0.05, 0) is 61.9 Å². The van der Waals surface area contributed by atoms with Gasteiger partial charge in [0.2, 0.25) is 0 Å². The molecule has 20 heavy (non-hydrogen) atoms. The van der Waals surface area contributed by atoms with Crippen LogP contribution in [0.25, 0.3) is 0 Å². The van der Waals surface area contributed by atoms with Crippen LogP contribution >= 0.6 is 11.8 Å². The summed E-state index contributed by atoms with van der Waals surface area (Å²) in [7, 11) is 0. The molecule has 0 saturated heterocycles. The lowest BCUT2D eigenvalue weighted by Crippen LogP contribution is -2.47. The Hall–Kier alpha value is -0.910. The fourth-order valence-corrected chi connectivity index (χ4v) is 3.15. The minimum absolute atomic E-state index is 0.343. The molecule has 0 heterocycles. The Kier molecular flexibility index (Phi) is 5.57. The van der Waals surface area contributed by atoms with Gasteiger partial charge in [-0.3, -0.25) is 0 Å². The van der Waals surface area contributed by atoms with E-state index in [0.29, 0.717) is 18.9 Å². The highest BCUT2D eigenvalue weighted by Crippen LogP contribution is 2.48. The van der Waals surface area contributed by atoms with Crippen molar-refractivity contribution in [3.63, 3.8) is 0 Å². The summed E-state index contributed by atoms with van der Waals surface area (Å²) in [6.45, 7) is 0.691. The standard InChI is InChI=1S/C14H24N2O3S/c1-20-7-6-12(13(17)18)16-14(19)15-8-11(9-2-3-9)10-4-5-10/h9-12H,2-8H2,1H3,(H,17,18)(H2,15,16,19). The molecule has 2 aliphatic rings. The van der Waals surface area contributed by atoms with E-state index < -0.39 is 12.0 Å². The number of hydrogen-bond acceptors (Lipinski definition) is 3. The number of carboxylic acids is 1. The first-order valence-corrected chi connectivity index (χ1v) is 8.77. The van der Waals surface area contributed by atoms with Gasteiger partial charge in [0.15, 0.2) is 0 Å². The number of carbonyl (C=O) groups is 2. The second-order valence-corrected chi connectivity index (χ2v) is 6.85. The molecule has 2 fully saturated rings. The number of carboxylic acid groups (broad SMARTS) is 1. The van der Waals surface area contributed by atoms with Crippen LogP contribution in [-0.2, 0) is 4.79 Å². The second-order valence-electron chi connectivity index (χ2n) is 5.87. The van der Waals surface area contributed by atoms with E-state index in [1.807, 2.05) is 6.26 Å². The number of urea groups is 1. The molecule has 0 aliphatic heterocycles. The van der Waals surface area contributed by atoms with Gasteiger partial charge < -0.3 is 15.7 Å². The van der Waals surface area contributed by atoms with Gasteiger partial charge in [0.1, 0.15) is 6.04 Å². The van der Waals surface area contributed by atoms with Gasteiger partial charge in [-0.25, -0.2) is 9.59 Å². The van der Waals surface area contributed by atoms with Crippen LogP contribution in [0, 0.1) is 17.8 Å². The molecule has 5 nitrogen and oxygen atoms in total. The van der Waals surface area contributed by atoms with Crippen molar-refractivity contribution in [1.29, 1.82) is 0 Å². The topological polar surface area (TPSA) is 78.4 Å². The monoisotopic (exact) mass is 300 g/mol. The number of aliphatic carboxylic acids is 1. The van der Waals surface area contributed by atoms with Gasteiger partial charge >= 0.3 is 12.0 Å². The van der Waals surface area contributed by atoms with E-state index in [1.54, 1.807) is 11.8 Å². The summed E-state index contributed by atoms with van der Waals surface area (Å²) in [6.07, 6.45) is 7.53. The Bertz CT molecular complexity index is 344. The molecular formula is C14H24N2O3S. The zero-order valence-electron chi connectivity index (χ0n) is 11.9. The maximum absolute atomic E-state index is 11.8. The average Bonchev–Trinajstić information content (AvgIpc) is 3.26. The summed E-state index contributed by atoms with van der Waals surface area (Å²) in [5, 5.41) is 14.5. The van der Waals surface area contributed by atoms with Crippen LogP contribution in [0.2, 0.25) is 0 Å². The van der Waals surface area contributed by atoms with E-state index in [2.05, 4.69) is 10.6 Å². The first-order valence-electron chi connectivity index (χ1n) is 7.38. The molecule has 1 unspecified atom stereocenters. The number of thioether (sulfide) groups is 1. The van der Waals surface area contributed by atoms with Crippen LogP contribution < -0.4 is 10.6 Å². The summed E-state index contributed by atoms with van der Waals surface area (Å²) in [4.78, 5) is 22.9. The van der Waals surface area contributed by atoms with Gasteiger partial charge in [-0.1, -0.05) is 0 Å². The fourth-order valence-electron chi connectivity index (χ4n) is 2.68. The van der Waals surface area contributed by atoms with Crippen molar-refractivity contribution in [2.75, 3.05) is 18.6 Å². The molecule has 2 amide bonds. The van der Waals surface area contributed by atoms with Crippen molar-refractivity contribution in [2.24, 2.45) is 17.8 Å². The van der Waals surface area contributed by atoms with Crippen molar-refractivity contribution in [1.82, 2.24) is 10.6 Å². The third-order valence-electron chi connectivity index (χ3n) is 4.17. The number of amides is 2. The Morgan fingerprint density at radius 1 is 1.25 bits per heavy atom. The molecule has 114 valence electrons. The highest BCUT2D eigenvalue weighted by molar-refractivity contribution is 7.98. The summed E-state index contributed by atoms with van der Waals surface area (Å²) in [5.74, 6) is 1.94. The zero-order chi connectivity index (χ0) is 14.5. The van der Waals surface area contributed by atoms with Gasteiger partial charge in [0.25, 0.3) is 0 Å². The van der Waals surface area contributed by atoms with Crippen LogP contribution in [0.15, 0.2) is 0 Å². The summed E-state index contributed by atoms with van der Waals surface area (Å²) < 4.78 is 0. The third kappa shape index (κ3) is 4.89. The van der Waals surface area contributed by atoms with Crippen molar-refractivity contribution in [2.45, 2.75) is 38.1 Å². The molecule has 2 saturated carbocycles. The molecule has 2 rings (SSSR count). The first kappa shape index (κ1) is 15.5. The van der Waals surface area contributed by atoms with E-state index in [0.717, 1.165) is 17.6 Å². The molecule has 3 N–H and O–H groups in total. The third-order valence-corrected chi connectivity index (χ3v) is 4.81. The Labute approximate surface area is 124 Å². The number of nitrogens with one attached hydrogen (secondary N) is 2. The molecule has 0 radical (unpaired) electrons. The van der Waals surface area contributed by atoms with Crippen molar-refractivity contribution >= 4 is 23.8 Å². The van der Waals surface area contributed by atoms with Gasteiger partial charge in [-0.2, -0.15) is 11.8 Å². The van der Waals surface area contributed by atoms with Crippen LogP contribution in [0.4, 0.5) is 4.79 Å². The largest absolute Gasteiger partial charge is 0.480 e. The van der Waals surface area contributed by atoms with E-state index in [1.165, 1.54) is 25.7 Å². The molecule has 1 atom stereocenters. The molecule has 0 aromatic heterocycles. The quantitative estimate of drug-likeness (QED) is 0.608. The van der Waals surface area contributed by atoms with E-state index in [9.17, 15) is 9.59 Å². The predicted octanol–water partition coefficient (Wildman–Crippen LogP) is 1.93. The molecule has 6 heteroatoms. The molecule has 2 aliphatic carbocycles. The second kappa shape index (κ2) is 7.20. The van der Waals surface area contributed by atoms with Crippen LogP contribution in [0.1, 0.15) is 32.1 Å². The lowest BCUT2D eigenvalue weighted by Gasteiger charge is -2.18. The minimum atomic E-state index is -0.963. The van der Waals surface area contributed by atoms with Gasteiger partial charge in [-0.15, -0.1) is 0 Å². The zero-order valence-corrected chi connectivity index (χ0v) is 12.7. The number of hydrogen-bond donors (Lipinski definition) is 3. The Morgan fingerprint density at radius 2 is 1.85 bits per heavy atom. The summed E-state index contributed by atoms with van der Waals surface area (Å²) in [6, 6.07) is -1.13. The van der Waals surface area contributed by atoms with E-state index in [4.69, 9.17) is 5.11 Å². The summed E-state index contributed by atoms with van der Waals surface area (Å²) >= 11 is 1.58. The van der Waals surface area contributed by atoms with Gasteiger partial charge in [0.05, 0.1) is 0 Å². The van der Waals surface area contributed by atoms with E-state index in [-0.39, 0.29) is 6.03 Å². The lowest BCUT2D eigenvalue weighted by atomic mass is 9.98. The Morgan fingerprint density at radius 3 is 2.30 bits per heavy atom. The molecule has 0 spiro atoms. The van der Waals surface area contributed by atoms with Gasteiger partial charge in [0, 0.05) is 6.54 Å². The van der Waals surface area contributed by atoms with Crippen LogP contribution in [0.5, 0.6) is 0 Å². The maximum atomic E-state index is 11.8. The van der Waals surface area contributed by atoms with Crippen molar-refractivity contribution in [3.8, 4) is 0 Å². The molecule has 0 aromatic carbocycles. The van der Waals surface area contributed by atoms with E-state index >= 15 is 0 Å². The SMILES string of the molecule is CSCCC(NC(=O)NCC(C1CC1)C1CC1)C(=O)O. The lowest BCUT2D eigenvalue weighted by molar-refractivity contribution is -0.139. The number of rotatable bonds is 9. The predicted molar refractivity (Wildman–Crippen MR) is 79.9 cm³/mol. The summed E-state index contributed by atoms with van der Waals surface area (Å²) in [5.41, 5.74) is 0. The smallest absolute Gasteiger partial charge is 0.326 e. The Balaban J connectivity index is 1.71. The van der Waals surface area contributed by atoms with Crippen molar-refractivity contribution in [3.05, 3.63) is 0 Å². The number of carbonyl (C=O) groups excluding carboxylic acids is 1. The average molecular weight is 300 g/mol. The van der Waals surface area contributed by atoms with Crippen LogP contribution in [-0.4, -0.2) is 41.7 Å². The first-order chi connectivity index (χ1) is 9.61. The minimum Gasteiger partial charge on any atom is -0.480 e. The van der Waals surface area contributed by atoms with Crippen LogP contribution in [0.3, 0.4) is 0 Å². The van der Waals surface area contributed by atoms with Crippen molar-refractivity contribution < 1.29 is 14.7 Å². The normalized spacial score (nSPS) is 19.7. The molecule has 0 bridgehead atoms.